The van der Waals surface area contributed by atoms with Crippen molar-refractivity contribution in [2.24, 2.45) is 0 Å². The van der Waals surface area contributed by atoms with Gasteiger partial charge in [0.2, 0.25) is 10.0 Å². The molecule has 0 atom stereocenters. The molecular weight excluding hydrogens is 360 g/mol. The fraction of sp³-hybridized carbons (Fsp3) is 0.0952. The summed E-state index contributed by atoms with van der Waals surface area (Å²) in [6, 6.07) is 17.8. The number of benzene rings is 2. The van der Waals surface area contributed by atoms with Gasteiger partial charge in [-0.1, -0.05) is 36.4 Å². The summed E-state index contributed by atoms with van der Waals surface area (Å²) in [4.78, 5) is 4.20. The first-order valence-electron chi connectivity index (χ1n) is 8.38. The zero-order valence-electron chi connectivity index (χ0n) is 14.9. The van der Waals surface area contributed by atoms with Crippen LogP contribution in [-0.2, 0) is 16.6 Å². The Bertz CT molecular complexity index is 1010. The largest absolute Gasteiger partial charge is 0.497 e. The standard InChI is InChI=1S/C21H20N2O3S/c1-26-20-8-10-21(11-9-20)27(24,25)23-16-19-5-3-2-4-18(19)7-6-17-12-14-22-15-13-17/h2-15,23H,16H2,1H3. The van der Waals surface area contributed by atoms with Crippen molar-refractivity contribution in [3.63, 3.8) is 0 Å². The summed E-state index contributed by atoms with van der Waals surface area (Å²) in [5, 5.41) is 0. The van der Waals surface area contributed by atoms with Gasteiger partial charge in [0.05, 0.1) is 12.0 Å². The van der Waals surface area contributed by atoms with Gasteiger partial charge in [-0.05, 0) is 53.1 Å². The van der Waals surface area contributed by atoms with Crippen molar-refractivity contribution in [1.82, 2.24) is 9.71 Å². The number of ether oxygens (including phenoxy) is 1. The van der Waals surface area contributed by atoms with Gasteiger partial charge in [0.15, 0.2) is 0 Å². The first-order chi connectivity index (χ1) is 13.1. The van der Waals surface area contributed by atoms with Crippen LogP contribution < -0.4 is 9.46 Å². The normalized spacial score (nSPS) is 11.6. The predicted molar refractivity (Wildman–Crippen MR) is 107 cm³/mol. The molecule has 3 aromatic rings. The fourth-order valence-electron chi connectivity index (χ4n) is 2.53. The third kappa shape index (κ3) is 5.03. The van der Waals surface area contributed by atoms with Gasteiger partial charge in [0.25, 0.3) is 0 Å². The van der Waals surface area contributed by atoms with E-state index in [2.05, 4.69) is 9.71 Å². The SMILES string of the molecule is COc1ccc(S(=O)(=O)NCc2ccccc2C=Cc2ccncc2)cc1. The second-order valence-electron chi connectivity index (χ2n) is 5.81. The lowest BCUT2D eigenvalue weighted by Crippen LogP contribution is -2.23. The molecule has 0 aliphatic carbocycles. The van der Waals surface area contributed by atoms with Crippen LogP contribution in [-0.4, -0.2) is 20.5 Å². The Hall–Kier alpha value is -2.96. The zero-order valence-corrected chi connectivity index (χ0v) is 15.7. The minimum Gasteiger partial charge on any atom is -0.497 e. The molecule has 0 aliphatic heterocycles. The van der Waals surface area contributed by atoms with Gasteiger partial charge in [0.1, 0.15) is 5.75 Å². The quantitative estimate of drug-likeness (QED) is 0.678. The predicted octanol–water partition coefficient (Wildman–Crippen LogP) is 3.74. The molecule has 0 unspecified atom stereocenters. The maximum atomic E-state index is 12.5. The second-order valence-corrected chi connectivity index (χ2v) is 7.58. The molecule has 0 fully saturated rings. The first-order valence-corrected chi connectivity index (χ1v) is 9.86. The van der Waals surface area contributed by atoms with Gasteiger partial charge in [0, 0.05) is 18.9 Å². The van der Waals surface area contributed by atoms with Crippen LogP contribution in [0.5, 0.6) is 5.75 Å². The molecule has 0 amide bonds. The monoisotopic (exact) mass is 380 g/mol. The number of hydrogen-bond acceptors (Lipinski definition) is 4. The molecular formula is C21H20N2O3S. The highest BCUT2D eigenvalue weighted by molar-refractivity contribution is 7.89. The van der Waals surface area contributed by atoms with Crippen LogP contribution >= 0.6 is 0 Å². The molecule has 1 heterocycles. The molecule has 0 saturated heterocycles. The first kappa shape index (κ1) is 18.8. The molecule has 1 aromatic heterocycles. The third-order valence-electron chi connectivity index (χ3n) is 4.04. The molecule has 2 aromatic carbocycles. The lowest BCUT2D eigenvalue weighted by Gasteiger charge is -2.10. The summed E-state index contributed by atoms with van der Waals surface area (Å²) in [5.41, 5.74) is 2.87. The Morgan fingerprint density at radius 2 is 1.67 bits per heavy atom. The maximum absolute atomic E-state index is 12.5. The van der Waals surface area contributed by atoms with Crippen LogP contribution in [0.15, 0.2) is 78.0 Å². The van der Waals surface area contributed by atoms with Crippen LogP contribution in [0.1, 0.15) is 16.7 Å². The van der Waals surface area contributed by atoms with E-state index in [1.807, 2.05) is 48.6 Å². The highest BCUT2D eigenvalue weighted by Crippen LogP contribution is 2.17. The van der Waals surface area contributed by atoms with Gasteiger partial charge < -0.3 is 4.74 Å². The Balaban J connectivity index is 1.75. The van der Waals surface area contributed by atoms with E-state index in [-0.39, 0.29) is 11.4 Å². The highest BCUT2D eigenvalue weighted by atomic mass is 32.2. The summed E-state index contributed by atoms with van der Waals surface area (Å²) in [7, 11) is -2.07. The molecule has 5 nitrogen and oxygen atoms in total. The average molecular weight is 380 g/mol. The molecule has 1 N–H and O–H groups in total. The molecule has 138 valence electrons. The summed E-state index contributed by atoms with van der Waals surface area (Å²) in [6.45, 7) is 0.200. The van der Waals surface area contributed by atoms with Gasteiger partial charge in [-0.3, -0.25) is 4.98 Å². The van der Waals surface area contributed by atoms with Crippen LogP contribution in [0.4, 0.5) is 0 Å². The van der Waals surface area contributed by atoms with Crippen molar-refractivity contribution < 1.29 is 13.2 Å². The van der Waals surface area contributed by atoms with Gasteiger partial charge in [-0.2, -0.15) is 0 Å². The Kier molecular flexibility index (Phi) is 6.01. The van der Waals surface area contributed by atoms with Gasteiger partial charge in [-0.25, -0.2) is 13.1 Å². The number of aromatic nitrogens is 1. The van der Waals surface area contributed by atoms with Crippen LogP contribution in [0, 0.1) is 0 Å². The Labute approximate surface area is 159 Å². The number of rotatable bonds is 7. The number of pyridine rings is 1. The number of hydrogen-bond donors (Lipinski definition) is 1. The van der Waals surface area contributed by atoms with Crippen molar-refractivity contribution in [2.75, 3.05) is 7.11 Å². The van der Waals surface area contributed by atoms with E-state index in [0.29, 0.717) is 5.75 Å². The minimum atomic E-state index is -3.61. The summed E-state index contributed by atoms with van der Waals surface area (Å²) >= 11 is 0. The molecule has 0 radical (unpaired) electrons. The van der Waals surface area contributed by atoms with Gasteiger partial charge in [-0.15, -0.1) is 0 Å². The fourth-order valence-corrected chi connectivity index (χ4v) is 3.54. The van der Waals surface area contributed by atoms with Crippen LogP contribution in [0.25, 0.3) is 12.2 Å². The Morgan fingerprint density at radius 1 is 0.963 bits per heavy atom. The number of nitrogens with zero attached hydrogens (tertiary/aromatic N) is 1. The maximum Gasteiger partial charge on any atom is 0.240 e. The summed E-state index contributed by atoms with van der Waals surface area (Å²) < 4.78 is 32.8. The van der Waals surface area contributed by atoms with E-state index in [0.717, 1.165) is 16.7 Å². The summed E-state index contributed by atoms with van der Waals surface area (Å²) in [5.74, 6) is 0.612. The van der Waals surface area contributed by atoms with Crippen molar-refractivity contribution in [3.05, 3.63) is 89.7 Å². The lowest BCUT2D eigenvalue weighted by molar-refractivity contribution is 0.414. The molecule has 0 spiro atoms. The minimum absolute atomic E-state index is 0.200. The van der Waals surface area contributed by atoms with E-state index < -0.39 is 10.0 Å². The van der Waals surface area contributed by atoms with Crippen molar-refractivity contribution >= 4 is 22.2 Å². The van der Waals surface area contributed by atoms with E-state index in [4.69, 9.17) is 4.74 Å². The van der Waals surface area contributed by atoms with Gasteiger partial charge >= 0.3 is 0 Å². The molecule has 0 saturated carbocycles. The molecule has 6 heteroatoms. The second kappa shape index (κ2) is 8.62. The molecule has 3 rings (SSSR count). The van der Waals surface area contributed by atoms with E-state index in [9.17, 15) is 8.42 Å². The molecule has 0 bridgehead atoms. The van der Waals surface area contributed by atoms with E-state index in [1.54, 1.807) is 24.5 Å². The number of methoxy groups -OCH3 is 1. The zero-order chi connectivity index (χ0) is 19.1. The number of nitrogens with one attached hydrogen (secondary N) is 1. The highest BCUT2D eigenvalue weighted by Gasteiger charge is 2.14. The van der Waals surface area contributed by atoms with Crippen LogP contribution in [0.2, 0.25) is 0 Å². The average Bonchev–Trinajstić information content (AvgIpc) is 2.72. The van der Waals surface area contributed by atoms with Crippen molar-refractivity contribution in [3.8, 4) is 5.75 Å². The van der Waals surface area contributed by atoms with Crippen molar-refractivity contribution in [2.45, 2.75) is 11.4 Å². The third-order valence-corrected chi connectivity index (χ3v) is 5.46. The lowest BCUT2D eigenvalue weighted by atomic mass is 10.1. The smallest absolute Gasteiger partial charge is 0.240 e. The topological polar surface area (TPSA) is 68.3 Å². The van der Waals surface area contributed by atoms with E-state index in [1.165, 1.54) is 19.2 Å². The van der Waals surface area contributed by atoms with E-state index >= 15 is 0 Å². The molecule has 27 heavy (non-hydrogen) atoms. The van der Waals surface area contributed by atoms with Crippen LogP contribution in [0.3, 0.4) is 0 Å². The van der Waals surface area contributed by atoms with Crippen molar-refractivity contribution in [1.29, 1.82) is 0 Å². The number of sulfonamides is 1. The molecule has 0 aliphatic rings. The Morgan fingerprint density at radius 3 is 2.37 bits per heavy atom. The summed E-state index contributed by atoms with van der Waals surface area (Å²) in [6.07, 6.45) is 7.40.